The summed E-state index contributed by atoms with van der Waals surface area (Å²) in [5.74, 6) is 0.107. The Morgan fingerprint density at radius 2 is 1.91 bits per heavy atom. The molecule has 1 heterocycles. The summed E-state index contributed by atoms with van der Waals surface area (Å²) in [5, 5.41) is 6.89. The molecule has 0 saturated heterocycles. The molecule has 1 aromatic heterocycles. The van der Waals surface area contributed by atoms with Crippen molar-refractivity contribution in [2.45, 2.75) is 45.8 Å². The molecule has 1 atom stereocenters. The molecule has 0 saturated carbocycles. The zero-order valence-corrected chi connectivity index (χ0v) is 18.2. The largest absolute Gasteiger partial charge is 0.488 e. The van der Waals surface area contributed by atoms with Crippen molar-refractivity contribution in [2.24, 2.45) is 0 Å². The molecule has 1 aliphatic carbocycles. The topological polar surface area (TPSA) is 90.7 Å². The van der Waals surface area contributed by atoms with Crippen LogP contribution in [0.2, 0.25) is 0 Å². The molecule has 1 aliphatic rings. The third kappa shape index (κ3) is 4.82. The van der Waals surface area contributed by atoms with Crippen LogP contribution in [0.1, 0.15) is 57.4 Å². The molecule has 166 valence electrons. The number of nitrogens with zero attached hydrogens (tertiary/aromatic N) is 1. The Kier molecular flexibility index (Phi) is 6.54. The number of fused-ring (bicyclic) bond motifs is 1. The Hall–Kier alpha value is -3.61. The molecule has 7 heteroatoms. The fourth-order valence-corrected chi connectivity index (χ4v) is 3.97. The first kappa shape index (κ1) is 21.6. The average molecular weight is 434 g/mol. The van der Waals surface area contributed by atoms with Crippen molar-refractivity contribution in [3.05, 3.63) is 82.2 Å². The molecular formula is C25H26N2O5. The maximum Gasteiger partial charge on any atom is 0.342 e. The first-order valence-electron chi connectivity index (χ1n) is 10.7. The van der Waals surface area contributed by atoms with Crippen LogP contribution in [-0.2, 0) is 22.6 Å². The van der Waals surface area contributed by atoms with Gasteiger partial charge in [-0.2, -0.15) is 0 Å². The van der Waals surface area contributed by atoms with Crippen LogP contribution in [0.4, 0.5) is 0 Å². The van der Waals surface area contributed by atoms with Gasteiger partial charge in [0.15, 0.2) is 6.61 Å². The lowest BCUT2D eigenvalue weighted by molar-refractivity contribution is -0.125. The second kappa shape index (κ2) is 9.68. The number of para-hydroxylation sites is 1. The third-order valence-corrected chi connectivity index (χ3v) is 5.70. The second-order valence-corrected chi connectivity index (χ2v) is 7.87. The highest BCUT2D eigenvalue weighted by molar-refractivity contribution is 5.94. The van der Waals surface area contributed by atoms with Gasteiger partial charge in [0.2, 0.25) is 0 Å². The van der Waals surface area contributed by atoms with E-state index in [9.17, 15) is 9.59 Å². The minimum atomic E-state index is -0.612. The highest BCUT2D eigenvalue weighted by Crippen LogP contribution is 2.29. The first-order valence-corrected chi connectivity index (χ1v) is 10.7. The third-order valence-electron chi connectivity index (χ3n) is 5.70. The predicted molar refractivity (Wildman–Crippen MR) is 117 cm³/mol. The number of nitrogens with one attached hydrogen (secondary N) is 1. The van der Waals surface area contributed by atoms with E-state index in [1.165, 1.54) is 5.56 Å². The Bertz CT molecular complexity index is 1100. The van der Waals surface area contributed by atoms with Crippen LogP contribution < -0.4 is 10.1 Å². The summed E-state index contributed by atoms with van der Waals surface area (Å²) in [7, 11) is 0. The number of ether oxygens (including phenoxy) is 2. The molecule has 0 fully saturated rings. The molecule has 2 aromatic carbocycles. The van der Waals surface area contributed by atoms with Crippen LogP contribution in [0.15, 0.2) is 53.1 Å². The second-order valence-electron chi connectivity index (χ2n) is 7.87. The van der Waals surface area contributed by atoms with Crippen molar-refractivity contribution < 1.29 is 23.6 Å². The highest BCUT2D eigenvalue weighted by atomic mass is 16.5. The Morgan fingerprint density at radius 1 is 1.12 bits per heavy atom. The van der Waals surface area contributed by atoms with E-state index >= 15 is 0 Å². The Labute approximate surface area is 186 Å². The number of hydrogen-bond acceptors (Lipinski definition) is 6. The molecule has 7 nitrogen and oxygen atoms in total. The van der Waals surface area contributed by atoms with E-state index in [0.29, 0.717) is 11.5 Å². The van der Waals surface area contributed by atoms with Crippen LogP contribution in [0.25, 0.3) is 0 Å². The van der Waals surface area contributed by atoms with Gasteiger partial charge in [-0.15, -0.1) is 0 Å². The van der Waals surface area contributed by atoms with E-state index in [1.807, 2.05) is 32.0 Å². The Balaban J connectivity index is 1.35. The van der Waals surface area contributed by atoms with Gasteiger partial charge in [-0.05, 0) is 56.4 Å². The number of aryl methyl sites for hydroxylation is 3. The molecule has 0 radical (unpaired) electrons. The normalized spacial score (nSPS) is 15.0. The zero-order chi connectivity index (χ0) is 22.5. The Morgan fingerprint density at radius 3 is 2.72 bits per heavy atom. The summed E-state index contributed by atoms with van der Waals surface area (Å²) in [6, 6.07) is 14.8. The van der Waals surface area contributed by atoms with Crippen molar-refractivity contribution in [1.29, 1.82) is 0 Å². The summed E-state index contributed by atoms with van der Waals surface area (Å²) in [5.41, 5.74) is 4.22. The molecule has 32 heavy (non-hydrogen) atoms. The molecule has 1 N–H and O–H groups in total. The van der Waals surface area contributed by atoms with Crippen LogP contribution in [0.3, 0.4) is 0 Å². The SMILES string of the molecule is Cc1noc(C)c1COc1ccccc1C(=O)OCC(=O)N[C@@H]1CCCc2ccccc21. The monoisotopic (exact) mass is 434 g/mol. The summed E-state index contributed by atoms with van der Waals surface area (Å²) < 4.78 is 16.3. The lowest BCUT2D eigenvalue weighted by Gasteiger charge is -2.26. The van der Waals surface area contributed by atoms with Crippen molar-refractivity contribution >= 4 is 11.9 Å². The molecule has 3 aromatic rings. The van der Waals surface area contributed by atoms with Crippen molar-refractivity contribution in [3.8, 4) is 5.75 Å². The van der Waals surface area contributed by atoms with Gasteiger partial charge in [0.05, 0.1) is 17.3 Å². The van der Waals surface area contributed by atoms with E-state index in [0.717, 1.165) is 36.1 Å². The van der Waals surface area contributed by atoms with Gasteiger partial charge in [0, 0.05) is 0 Å². The number of benzene rings is 2. The number of esters is 1. The van der Waals surface area contributed by atoms with E-state index < -0.39 is 5.97 Å². The van der Waals surface area contributed by atoms with Crippen LogP contribution in [0, 0.1) is 13.8 Å². The standard InChI is InChI=1S/C25H26N2O5/c1-16-21(17(2)32-27-16)14-30-23-13-6-5-11-20(23)25(29)31-15-24(28)26-22-12-7-9-18-8-3-4-10-19(18)22/h3-6,8,10-11,13,22H,7,9,12,14-15H2,1-2H3,(H,26,28)/t22-/m1/s1. The molecule has 1 amide bonds. The molecule has 0 aliphatic heterocycles. The van der Waals surface area contributed by atoms with Gasteiger partial charge in [0.1, 0.15) is 23.7 Å². The minimum absolute atomic E-state index is 0.0585. The van der Waals surface area contributed by atoms with Crippen LogP contribution >= 0.6 is 0 Å². The molecule has 0 bridgehead atoms. The number of amides is 1. The van der Waals surface area contributed by atoms with E-state index in [-0.39, 0.29) is 30.7 Å². The molecule has 4 rings (SSSR count). The van der Waals surface area contributed by atoms with Gasteiger partial charge in [-0.25, -0.2) is 4.79 Å². The fourth-order valence-electron chi connectivity index (χ4n) is 3.97. The molecular weight excluding hydrogens is 408 g/mol. The van der Waals surface area contributed by atoms with E-state index in [1.54, 1.807) is 24.3 Å². The lowest BCUT2D eigenvalue weighted by Crippen LogP contribution is -2.34. The quantitative estimate of drug-likeness (QED) is 0.560. The maximum absolute atomic E-state index is 12.6. The first-order chi connectivity index (χ1) is 15.5. The predicted octanol–water partition coefficient (Wildman–Crippen LogP) is 4.22. The van der Waals surface area contributed by atoms with E-state index in [2.05, 4.69) is 16.5 Å². The van der Waals surface area contributed by atoms with Crippen LogP contribution in [0.5, 0.6) is 5.75 Å². The van der Waals surface area contributed by atoms with Gasteiger partial charge in [0.25, 0.3) is 5.91 Å². The van der Waals surface area contributed by atoms with Gasteiger partial charge < -0.3 is 19.3 Å². The zero-order valence-electron chi connectivity index (χ0n) is 18.2. The van der Waals surface area contributed by atoms with Gasteiger partial charge >= 0.3 is 5.97 Å². The van der Waals surface area contributed by atoms with Crippen molar-refractivity contribution in [2.75, 3.05) is 6.61 Å². The number of carbonyl (C=O) groups excluding carboxylic acids is 2. The summed E-state index contributed by atoms with van der Waals surface area (Å²) in [6.45, 7) is 3.50. The minimum Gasteiger partial charge on any atom is -0.488 e. The lowest BCUT2D eigenvalue weighted by atomic mass is 9.88. The molecule has 0 unspecified atom stereocenters. The van der Waals surface area contributed by atoms with Crippen molar-refractivity contribution in [3.63, 3.8) is 0 Å². The average Bonchev–Trinajstić information content (AvgIpc) is 3.13. The highest BCUT2D eigenvalue weighted by Gasteiger charge is 2.22. The van der Waals surface area contributed by atoms with Crippen LogP contribution in [-0.4, -0.2) is 23.6 Å². The molecule has 0 spiro atoms. The fraction of sp³-hybridized carbons (Fsp3) is 0.320. The van der Waals surface area contributed by atoms with Gasteiger partial charge in [-0.3, -0.25) is 4.79 Å². The number of rotatable bonds is 7. The van der Waals surface area contributed by atoms with E-state index in [4.69, 9.17) is 14.0 Å². The summed E-state index contributed by atoms with van der Waals surface area (Å²) in [6.07, 6.45) is 2.90. The number of aromatic nitrogens is 1. The van der Waals surface area contributed by atoms with Crippen molar-refractivity contribution in [1.82, 2.24) is 10.5 Å². The summed E-state index contributed by atoms with van der Waals surface area (Å²) >= 11 is 0. The van der Waals surface area contributed by atoms with Gasteiger partial charge in [-0.1, -0.05) is 41.6 Å². The maximum atomic E-state index is 12.6. The number of carbonyl (C=O) groups is 2. The summed E-state index contributed by atoms with van der Waals surface area (Å²) in [4.78, 5) is 25.1. The number of hydrogen-bond donors (Lipinski definition) is 1. The smallest absolute Gasteiger partial charge is 0.342 e.